The number of anilines is 3. The Morgan fingerprint density at radius 1 is 0.778 bits per heavy atom. The van der Waals surface area contributed by atoms with Crippen LogP contribution >= 0.6 is 0 Å². The van der Waals surface area contributed by atoms with Crippen molar-refractivity contribution in [3.8, 4) is 0 Å². The molecule has 2 rings (SSSR count). The molecule has 0 radical (unpaired) electrons. The molecule has 0 spiro atoms. The van der Waals surface area contributed by atoms with Crippen LogP contribution in [0.25, 0.3) is 0 Å². The minimum absolute atomic E-state index is 0.0895. The van der Waals surface area contributed by atoms with E-state index < -0.39 is 0 Å². The normalized spacial score (nSPS) is 11.4. The minimum Gasteiger partial charge on any atom is -0.326 e. The molecular formula is C19H22FN4O3+. The maximum Gasteiger partial charge on any atom is 0.279 e. The zero-order chi connectivity index (χ0) is 19.8. The van der Waals surface area contributed by atoms with Gasteiger partial charge in [0.25, 0.3) is 11.8 Å². The second kappa shape index (κ2) is 9.44. The number of hydrogen-bond donors (Lipinski definition) is 4. The smallest absolute Gasteiger partial charge is 0.279 e. The lowest BCUT2D eigenvalue weighted by atomic mass is 10.2. The lowest BCUT2D eigenvalue weighted by molar-refractivity contribution is -0.862. The first-order chi connectivity index (χ1) is 12.8. The molecule has 0 bridgehead atoms. The lowest BCUT2D eigenvalue weighted by Gasteiger charge is -2.14. The summed E-state index contributed by atoms with van der Waals surface area (Å²) < 4.78 is 12.9. The molecule has 0 fully saturated rings. The zero-order valence-corrected chi connectivity index (χ0v) is 15.1. The van der Waals surface area contributed by atoms with Gasteiger partial charge in [0.15, 0.2) is 13.1 Å². The summed E-state index contributed by atoms with van der Waals surface area (Å²) in [5, 5.41) is 8.03. The average molecular weight is 373 g/mol. The number of quaternary nitrogens is 1. The van der Waals surface area contributed by atoms with Crippen LogP contribution in [-0.2, 0) is 14.4 Å². The van der Waals surface area contributed by atoms with E-state index >= 15 is 0 Å². The fourth-order valence-electron chi connectivity index (χ4n) is 2.39. The number of halogens is 1. The summed E-state index contributed by atoms with van der Waals surface area (Å²) in [7, 11) is 1.73. The molecule has 7 nitrogen and oxygen atoms in total. The summed E-state index contributed by atoms with van der Waals surface area (Å²) in [5.41, 5.74) is 1.73. The number of hydrogen-bond acceptors (Lipinski definition) is 3. The number of amides is 3. The van der Waals surface area contributed by atoms with Gasteiger partial charge in [-0.15, -0.1) is 0 Å². The van der Waals surface area contributed by atoms with Crippen molar-refractivity contribution < 1.29 is 23.7 Å². The first-order valence-electron chi connectivity index (χ1n) is 8.36. The summed E-state index contributed by atoms with van der Waals surface area (Å²) in [6, 6.07) is 12.2. The number of rotatable bonds is 7. The number of carbonyl (C=O) groups is 3. The SMILES string of the molecule is CC(=O)Nc1ccc(NC(=O)C[NH+](C)CC(=O)Nc2ccc(F)cc2)cc1. The molecule has 142 valence electrons. The standard InChI is InChI=1S/C19H21FN4O3/c1-13(25)21-15-7-9-17(10-8-15)23-19(27)12-24(2)11-18(26)22-16-5-3-14(20)4-6-16/h3-10H,11-12H2,1-2H3,(H,21,25)(H,22,26)(H,23,27)/p+1. The maximum absolute atomic E-state index is 12.9. The Bertz CT molecular complexity index is 807. The predicted octanol–water partition coefficient (Wildman–Crippen LogP) is 0.876. The summed E-state index contributed by atoms with van der Waals surface area (Å²) in [6.45, 7) is 1.61. The average Bonchev–Trinajstić information content (AvgIpc) is 2.58. The van der Waals surface area contributed by atoms with Crippen LogP contribution in [0.4, 0.5) is 21.5 Å². The highest BCUT2D eigenvalue weighted by molar-refractivity contribution is 5.93. The molecule has 2 aromatic rings. The molecule has 2 aromatic carbocycles. The fourth-order valence-corrected chi connectivity index (χ4v) is 2.39. The molecule has 0 aliphatic carbocycles. The highest BCUT2D eigenvalue weighted by atomic mass is 19.1. The van der Waals surface area contributed by atoms with E-state index in [9.17, 15) is 18.8 Å². The first-order valence-corrected chi connectivity index (χ1v) is 8.36. The minimum atomic E-state index is -0.377. The highest BCUT2D eigenvalue weighted by Crippen LogP contribution is 2.13. The van der Waals surface area contributed by atoms with Crippen molar-refractivity contribution in [1.82, 2.24) is 0 Å². The van der Waals surface area contributed by atoms with Crippen LogP contribution in [0.2, 0.25) is 0 Å². The molecule has 1 unspecified atom stereocenters. The van der Waals surface area contributed by atoms with E-state index in [4.69, 9.17) is 0 Å². The van der Waals surface area contributed by atoms with Crippen molar-refractivity contribution in [2.45, 2.75) is 6.92 Å². The van der Waals surface area contributed by atoms with E-state index in [2.05, 4.69) is 16.0 Å². The quantitative estimate of drug-likeness (QED) is 0.581. The summed E-state index contributed by atoms with van der Waals surface area (Å²) in [6.07, 6.45) is 0. The molecule has 0 saturated heterocycles. The lowest BCUT2D eigenvalue weighted by Crippen LogP contribution is -3.11. The van der Waals surface area contributed by atoms with Crippen LogP contribution < -0.4 is 20.9 Å². The van der Waals surface area contributed by atoms with Crippen LogP contribution in [0.5, 0.6) is 0 Å². The molecule has 0 saturated carbocycles. The molecule has 0 aromatic heterocycles. The van der Waals surface area contributed by atoms with Gasteiger partial charge in [0.2, 0.25) is 5.91 Å². The number of likely N-dealkylation sites (N-methyl/N-ethyl adjacent to an activating group) is 1. The van der Waals surface area contributed by atoms with Gasteiger partial charge in [0.05, 0.1) is 7.05 Å². The maximum atomic E-state index is 12.9. The summed E-state index contributed by atoms with van der Waals surface area (Å²) >= 11 is 0. The van der Waals surface area contributed by atoms with Gasteiger partial charge in [-0.05, 0) is 48.5 Å². The summed E-state index contributed by atoms with van der Waals surface area (Å²) in [4.78, 5) is 35.7. The van der Waals surface area contributed by atoms with Gasteiger partial charge < -0.3 is 20.9 Å². The third-order valence-corrected chi connectivity index (χ3v) is 3.54. The molecule has 1 atom stereocenters. The topological polar surface area (TPSA) is 91.7 Å². The third kappa shape index (κ3) is 7.25. The van der Waals surface area contributed by atoms with E-state index in [0.717, 1.165) is 0 Å². The van der Waals surface area contributed by atoms with Gasteiger partial charge in [0.1, 0.15) is 5.82 Å². The van der Waals surface area contributed by atoms with Crippen molar-refractivity contribution in [3.63, 3.8) is 0 Å². The van der Waals surface area contributed by atoms with Crippen molar-refractivity contribution in [2.24, 2.45) is 0 Å². The molecule has 0 heterocycles. The highest BCUT2D eigenvalue weighted by Gasteiger charge is 2.14. The Morgan fingerprint density at radius 3 is 1.56 bits per heavy atom. The monoisotopic (exact) mass is 373 g/mol. The van der Waals surface area contributed by atoms with Crippen LogP contribution in [0.1, 0.15) is 6.92 Å². The molecular weight excluding hydrogens is 351 g/mol. The molecule has 8 heteroatoms. The van der Waals surface area contributed by atoms with E-state index in [0.29, 0.717) is 22.0 Å². The van der Waals surface area contributed by atoms with Crippen molar-refractivity contribution in [3.05, 3.63) is 54.3 Å². The van der Waals surface area contributed by atoms with Gasteiger partial charge in [-0.1, -0.05) is 0 Å². The Morgan fingerprint density at radius 2 is 1.15 bits per heavy atom. The summed E-state index contributed by atoms with van der Waals surface area (Å²) in [5.74, 6) is -1.06. The molecule has 0 aliphatic rings. The second-order valence-corrected chi connectivity index (χ2v) is 6.17. The van der Waals surface area contributed by atoms with Crippen LogP contribution in [-0.4, -0.2) is 37.9 Å². The van der Waals surface area contributed by atoms with Crippen molar-refractivity contribution in [1.29, 1.82) is 0 Å². The van der Waals surface area contributed by atoms with Crippen LogP contribution in [0, 0.1) is 5.82 Å². The Balaban J connectivity index is 1.78. The third-order valence-electron chi connectivity index (χ3n) is 3.54. The number of nitrogens with one attached hydrogen (secondary N) is 4. The number of carbonyl (C=O) groups excluding carboxylic acids is 3. The second-order valence-electron chi connectivity index (χ2n) is 6.17. The fraction of sp³-hybridized carbons (Fsp3) is 0.211. The van der Waals surface area contributed by atoms with E-state index in [-0.39, 0.29) is 36.6 Å². The largest absolute Gasteiger partial charge is 0.326 e. The molecule has 0 aliphatic heterocycles. The number of benzene rings is 2. The van der Waals surface area contributed by atoms with Crippen molar-refractivity contribution in [2.75, 3.05) is 36.1 Å². The van der Waals surface area contributed by atoms with Gasteiger partial charge >= 0.3 is 0 Å². The van der Waals surface area contributed by atoms with E-state index in [1.807, 2.05) is 0 Å². The van der Waals surface area contributed by atoms with Gasteiger partial charge in [-0.2, -0.15) is 0 Å². The van der Waals surface area contributed by atoms with E-state index in [1.54, 1.807) is 31.3 Å². The molecule has 3 amide bonds. The Kier molecular flexibility index (Phi) is 7.01. The molecule has 27 heavy (non-hydrogen) atoms. The van der Waals surface area contributed by atoms with Gasteiger partial charge in [-0.25, -0.2) is 4.39 Å². The van der Waals surface area contributed by atoms with Crippen LogP contribution in [0.15, 0.2) is 48.5 Å². The Labute approximate surface area is 156 Å². The van der Waals surface area contributed by atoms with Gasteiger partial charge in [-0.3, -0.25) is 14.4 Å². The van der Waals surface area contributed by atoms with Crippen LogP contribution in [0.3, 0.4) is 0 Å². The zero-order valence-electron chi connectivity index (χ0n) is 15.1. The Hall–Kier alpha value is -3.26. The first kappa shape index (κ1) is 20.1. The van der Waals surface area contributed by atoms with Crippen molar-refractivity contribution >= 4 is 34.8 Å². The van der Waals surface area contributed by atoms with Gasteiger partial charge in [0, 0.05) is 24.0 Å². The molecule has 4 N–H and O–H groups in total. The predicted molar refractivity (Wildman–Crippen MR) is 101 cm³/mol. The van der Waals surface area contributed by atoms with E-state index in [1.165, 1.54) is 31.2 Å².